The summed E-state index contributed by atoms with van der Waals surface area (Å²) < 4.78 is 4.29. The van der Waals surface area contributed by atoms with Gasteiger partial charge in [0.05, 0.1) is 6.54 Å². The zero-order chi connectivity index (χ0) is 18.8. The Balaban J connectivity index is 1.38. The van der Waals surface area contributed by atoms with Crippen LogP contribution < -0.4 is 0 Å². The molecule has 142 valence electrons. The molecule has 0 aliphatic carbocycles. The summed E-state index contributed by atoms with van der Waals surface area (Å²) in [6.07, 6.45) is 6.10. The van der Waals surface area contributed by atoms with Gasteiger partial charge in [0.15, 0.2) is 5.82 Å². The zero-order valence-electron chi connectivity index (χ0n) is 16.5. The molecule has 1 aromatic carbocycles. The van der Waals surface area contributed by atoms with E-state index < -0.39 is 0 Å². The van der Waals surface area contributed by atoms with E-state index in [9.17, 15) is 0 Å². The van der Waals surface area contributed by atoms with Crippen molar-refractivity contribution in [3.05, 3.63) is 65.3 Å². The number of nitrogens with zero attached hydrogens (tertiary/aromatic N) is 6. The number of aryl methyl sites for hydroxylation is 2. The second-order valence-electron chi connectivity index (χ2n) is 7.68. The second-order valence-corrected chi connectivity index (χ2v) is 7.68. The quantitative estimate of drug-likeness (QED) is 0.698. The highest BCUT2D eigenvalue weighted by atomic mass is 15.3. The van der Waals surface area contributed by atoms with E-state index in [1.54, 1.807) is 0 Å². The monoisotopic (exact) mass is 364 g/mol. The lowest BCUT2D eigenvalue weighted by Crippen LogP contribution is -2.33. The Morgan fingerprint density at radius 3 is 2.59 bits per heavy atom. The molecule has 6 nitrogen and oxygen atoms in total. The summed E-state index contributed by atoms with van der Waals surface area (Å²) >= 11 is 0. The van der Waals surface area contributed by atoms with Crippen molar-refractivity contribution in [1.29, 1.82) is 0 Å². The van der Waals surface area contributed by atoms with Gasteiger partial charge in [-0.25, -0.2) is 4.98 Å². The van der Waals surface area contributed by atoms with Crippen LogP contribution in [0.15, 0.2) is 36.7 Å². The maximum Gasteiger partial charge on any atom is 0.152 e. The van der Waals surface area contributed by atoms with E-state index in [1.807, 2.05) is 19.3 Å². The van der Waals surface area contributed by atoms with Gasteiger partial charge in [0, 0.05) is 31.9 Å². The normalized spacial score (nSPS) is 16.1. The van der Waals surface area contributed by atoms with Gasteiger partial charge < -0.3 is 9.13 Å². The molecule has 1 saturated heterocycles. The topological polar surface area (TPSA) is 51.8 Å². The summed E-state index contributed by atoms with van der Waals surface area (Å²) in [4.78, 5) is 6.84. The van der Waals surface area contributed by atoms with Crippen LogP contribution in [0.25, 0.3) is 0 Å². The van der Waals surface area contributed by atoms with Crippen LogP contribution in [0.4, 0.5) is 0 Å². The first kappa shape index (κ1) is 17.9. The number of rotatable bonds is 5. The molecule has 3 heterocycles. The number of likely N-dealkylation sites (tertiary alicyclic amines) is 1. The molecule has 0 bridgehead atoms. The van der Waals surface area contributed by atoms with Crippen LogP contribution >= 0.6 is 0 Å². The van der Waals surface area contributed by atoms with Gasteiger partial charge in [-0.05, 0) is 45.3 Å². The summed E-state index contributed by atoms with van der Waals surface area (Å²) in [5.41, 5.74) is 2.74. The van der Waals surface area contributed by atoms with Crippen molar-refractivity contribution in [2.24, 2.45) is 7.05 Å². The van der Waals surface area contributed by atoms with Gasteiger partial charge in [0.25, 0.3) is 0 Å². The van der Waals surface area contributed by atoms with Crippen molar-refractivity contribution in [3.63, 3.8) is 0 Å². The van der Waals surface area contributed by atoms with Gasteiger partial charge in [0.1, 0.15) is 11.6 Å². The lowest BCUT2D eigenvalue weighted by atomic mass is 9.95. The fourth-order valence-electron chi connectivity index (χ4n) is 4.01. The van der Waals surface area contributed by atoms with Crippen LogP contribution in [0, 0.1) is 13.8 Å². The molecule has 1 fully saturated rings. The molecule has 2 aromatic heterocycles. The smallest absolute Gasteiger partial charge is 0.152 e. The molecule has 1 aliphatic rings. The maximum absolute atomic E-state index is 4.53. The molecule has 0 radical (unpaired) electrons. The molecule has 0 atom stereocenters. The summed E-state index contributed by atoms with van der Waals surface area (Å²) in [5, 5.41) is 8.99. The Morgan fingerprint density at radius 1 is 1.07 bits per heavy atom. The van der Waals surface area contributed by atoms with Gasteiger partial charge >= 0.3 is 0 Å². The first-order valence-corrected chi connectivity index (χ1v) is 9.74. The molecule has 1 aliphatic heterocycles. The van der Waals surface area contributed by atoms with Gasteiger partial charge in [-0.1, -0.05) is 29.8 Å². The van der Waals surface area contributed by atoms with Crippen LogP contribution in [0.2, 0.25) is 0 Å². The number of piperidine rings is 1. The third kappa shape index (κ3) is 3.95. The highest BCUT2D eigenvalue weighted by molar-refractivity contribution is 5.22. The molecule has 6 heteroatoms. The molecule has 0 unspecified atom stereocenters. The Morgan fingerprint density at radius 2 is 1.89 bits per heavy atom. The minimum absolute atomic E-state index is 0.494. The van der Waals surface area contributed by atoms with Crippen molar-refractivity contribution >= 4 is 0 Å². The maximum atomic E-state index is 4.53. The number of aromatic nitrogens is 5. The third-order valence-electron chi connectivity index (χ3n) is 5.68. The molecule has 4 rings (SSSR count). The van der Waals surface area contributed by atoms with E-state index >= 15 is 0 Å². The first-order valence-electron chi connectivity index (χ1n) is 9.74. The lowest BCUT2D eigenvalue weighted by Gasteiger charge is -2.31. The van der Waals surface area contributed by atoms with Crippen molar-refractivity contribution in [2.75, 3.05) is 13.1 Å². The Bertz CT molecular complexity index is 901. The van der Waals surface area contributed by atoms with Crippen molar-refractivity contribution < 1.29 is 0 Å². The van der Waals surface area contributed by atoms with Crippen LogP contribution in [0.3, 0.4) is 0 Å². The molecule has 27 heavy (non-hydrogen) atoms. The van der Waals surface area contributed by atoms with E-state index in [4.69, 9.17) is 0 Å². The summed E-state index contributed by atoms with van der Waals surface area (Å²) in [6.45, 7) is 8.16. The first-order chi connectivity index (χ1) is 13.1. The number of hydrogen-bond acceptors (Lipinski definition) is 4. The standard InChI is InChI=1S/C21H28N6/c1-16-5-4-6-18(13-16)14-26-10-7-19(8-11-26)21-24-23-20(25(21)3)15-27-12-9-22-17(27)2/h4-6,9,12-13,19H,7-8,10-11,14-15H2,1-3H3. The van der Waals surface area contributed by atoms with E-state index in [0.29, 0.717) is 5.92 Å². The van der Waals surface area contributed by atoms with E-state index in [2.05, 4.69) is 67.5 Å². The van der Waals surface area contributed by atoms with Crippen molar-refractivity contribution in [3.8, 4) is 0 Å². The Kier molecular flexibility index (Phi) is 5.07. The highest BCUT2D eigenvalue weighted by Crippen LogP contribution is 2.27. The Hall–Kier alpha value is -2.47. The summed E-state index contributed by atoms with van der Waals surface area (Å²) in [5.74, 6) is 3.61. The number of benzene rings is 1. The SMILES string of the molecule is Cc1cccc(CN2CCC(c3nnc(Cn4ccnc4C)n3C)CC2)c1. The largest absolute Gasteiger partial charge is 0.328 e. The average Bonchev–Trinajstić information content (AvgIpc) is 3.22. The summed E-state index contributed by atoms with van der Waals surface area (Å²) in [7, 11) is 2.09. The van der Waals surface area contributed by atoms with Gasteiger partial charge in [0.2, 0.25) is 0 Å². The fraction of sp³-hybridized carbons (Fsp3) is 0.476. The van der Waals surface area contributed by atoms with Crippen molar-refractivity contribution in [2.45, 2.75) is 45.7 Å². The number of imidazole rings is 1. The number of hydrogen-bond donors (Lipinski definition) is 0. The minimum Gasteiger partial charge on any atom is -0.328 e. The molecule has 3 aromatic rings. The fourth-order valence-corrected chi connectivity index (χ4v) is 4.01. The lowest BCUT2D eigenvalue weighted by molar-refractivity contribution is 0.200. The summed E-state index contributed by atoms with van der Waals surface area (Å²) in [6, 6.07) is 8.83. The molecule has 0 amide bonds. The van der Waals surface area contributed by atoms with Crippen LogP contribution in [0.1, 0.15) is 47.4 Å². The predicted octanol–water partition coefficient (Wildman–Crippen LogP) is 3.06. The van der Waals surface area contributed by atoms with Crippen LogP contribution in [0.5, 0.6) is 0 Å². The second kappa shape index (κ2) is 7.64. The zero-order valence-corrected chi connectivity index (χ0v) is 16.5. The van der Waals surface area contributed by atoms with Crippen LogP contribution in [-0.2, 0) is 20.1 Å². The van der Waals surface area contributed by atoms with Gasteiger partial charge in [-0.3, -0.25) is 4.90 Å². The van der Waals surface area contributed by atoms with E-state index in [-0.39, 0.29) is 0 Å². The van der Waals surface area contributed by atoms with E-state index in [1.165, 1.54) is 11.1 Å². The van der Waals surface area contributed by atoms with Gasteiger partial charge in [-0.15, -0.1) is 10.2 Å². The van der Waals surface area contributed by atoms with Crippen molar-refractivity contribution in [1.82, 2.24) is 29.2 Å². The van der Waals surface area contributed by atoms with Gasteiger partial charge in [-0.2, -0.15) is 0 Å². The molecular formula is C21H28N6. The molecule has 0 saturated carbocycles. The van der Waals surface area contributed by atoms with E-state index in [0.717, 1.165) is 56.5 Å². The Labute approximate surface area is 160 Å². The minimum atomic E-state index is 0.494. The highest BCUT2D eigenvalue weighted by Gasteiger charge is 2.25. The predicted molar refractivity (Wildman–Crippen MR) is 106 cm³/mol. The van der Waals surface area contributed by atoms with Crippen LogP contribution in [-0.4, -0.2) is 42.3 Å². The third-order valence-corrected chi connectivity index (χ3v) is 5.68. The molecule has 0 spiro atoms. The molecule has 0 N–H and O–H groups in total. The molecular weight excluding hydrogens is 336 g/mol. The average molecular weight is 364 g/mol.